The Morgan fingerprint density at radius 1 is 1.21 bits per heavy atom. The number of thiazole rings is 1. The van der Waals surface area contributed by atoms with Crippen molar-refractivity contribution in [2.75, 3.05) is 11.1 Å². The van der Waals surface area contributed by atoms with Crippen LogP contribution in [0.4, 0.5) is 5.82 Å². The molecule has 2 aromatic carbocycles. The van der Waals surface area contributed by atoms with Gasteiger partial charge in [0.2, 0.25) is 11.0 Å². The quantitative estimate of drug-likeness (QED) is 0.427. The van der Waals surface area contributed by atoms with E-state index in [9.17, 15) is 4.79 Å². The van der Waals surface area contributed by atoms with Gasteiger partial charge in [-0.05, 0) is 37.6 Å². The van der Waals surface area contributed by atoms with Crippen molar-refractivity contribution in [2.45, 2.75) is 18.7 Å². The normalized spacial score (nSPS) is 11.1. The summed E-state index contributed by atoms with van der Waals surface area (Å²) >= 11 is 9.28. The molecule has 0 bridgehead atoms. The first-order valence-corrected chi connectivity index (χ1v) is 10.8. The van der Waals surface area contributed by atoms with Gasteiger partial charge in [-0.15, -0.1) is 11.8 Å². The molecule has 4 rings (SSSR count). The molecule has 0 atom stereocenters. The number of carbonyl (C=O) groups is 1. The molecular formula is C20H17ClN4OS2. The molecule has 142 valence electrons. The van der Waals surface area contributed by atoms with Crippen molar-refractivity contribution in [2.24, 2.45) is 0 Å². The number of carbonyl (C=O) groups excluding carboxylic acids is 1. The SMILES string of the molecule is Cc1cc(NC(=O)CSc2ccccc2)n(-c2nc3c(C)ccc(Cl)c3s2)n1. The second-order valence-electron chi connectivity index (χ2n) is 6.27. The number of thioether (sulfide) groups is 1. The fraction of sp³-hybridized carbons (Fsp3) is 0.150. The van der Waals surface area contributed by atoms with Crippen LogP contribution in [0.2, 0.25) is 5.02 Å². The number of fused-ring (bicyclic) bond motifs is 1. The number of anilines is 1. The number of nitrogens with one attached hydrogen (secondary N) is 1. The molecule has 0 aliphatic rings. The summed E-state index contributed by atoms with van der Waals surface area (Å²) in [6.07, 6.45) is 0. The predicted octanol–water partition coefficient (Wildman–Crippen LogP) is 5.48. The molecule has 1 amide bonds. The first kappa shape index (κ1) is 19.0. The third-order valence-electron chi connectivity index (χ3n) is 4.08. The van der Waals surface area contributed by atoms with Crippen LogP contribution in [-0.2, 0) is 4.79 Å². The van der Waals surface area contributed by atoms with Crippen LogP contribution in [0.15, 0.2) is 53.4 Å². The number of hydrogen-bond acceptors (Lipinski definition) is 5. The molecule has 0 unspecified atom stereocenters. The lowest BCUT2D eigenvalue weighted by molar-refractivity contribution is -0.113. The molecule has 0 saturated carbocycles. The molecule has 0 aliphatic heterocycles. The standard InChI is InChI=1S/C20H17ClN4OS2/c1-12-8-9-15(21)19-18(12)23-20(28-19)25-16(10-13(2)24-25)22-17(26)11-27-14-6-4-3-5-7-14/h3-10H,11H2,1-2H3,(H,22,26). The summed E-state index contributed by atoms with van der Waals surface area (Å²) in [5, 5.41) is 8.79. The zero-order valence-corrected chi connectivity index (χ0v) is 17.7. The maximum Gasteiger partial charge on any atom is 0.235 e. The second-order valence-corrected chi connectivity index (χ2v) is 8.70. The molecule has 4 aromatic rings. The van der Waals surface area contributed by atoms with E-state index < -0.39 is 0 Å². The highest BCUT2D eigenvalue weighted by molar-refractivity contribution is 8.00. The van der Waals surface area contributed by atoms with Crippen LogP contribution < -0.4 is 5.32 Å². The number of aromatic nitrogens is 3. The monoisotopic (exact) mass is 428 g/mol. The number of rotatable bonds is 5. The zero-order valence-electron chi connectivity index (χ0n) is 15.3. The van der Waals surface area contributed by atoms with E-state index in [4.69, 9.17) is 16.6 Å². The minimum absolute atomic E-state index is 0.0923. The molecule has 1 N–H and O–H groups in total. The topological polar surface area (TPSA) is 59.8 Å². The van der Waals surface area contributed by atoms with Gasteiger partial charge >= 0.3 is 0 Å². The third-order valence-corrected chi connectivity index (χ3v) is 6.58. The van der Waals surface area contributed by atoms with Gasteiger partial charge in [-0.2, -0.15) is 9.78 Å². The highest BCUT2D eigenvalue weighted by Crippen LogP contribution is 2.34. The third kappa shape index (κ3) is 3.92. The molecule has 2 heterocycles. The average molecular weight is 429 g/mol. The smallest absolute Gasteiger partial charge is 0.235 e. The first-order valence-electron chi connectivity index (χ1n) is 8.61. The summed E-state index contributed by atoms with van der Waals surface area (Å²) in [7, 11) is 0. The van der Waals surface area contributed by atoms with Gasteiger partial charge in [0.1, 0.15) is 5.82 Å². The van der Waals surface area contributed by atoms with Crippen molar-refractivity contribution in [3.05, 3.63) is 64.8 Å². The molecule has 8 heteroatoms. The maximum absolute atomic E-state index is 12.4. The number of halogens is 1. The van der Waals surface area contributed by atoms with E-state index in [1.54, 1.807) is 4.68 Å². The molecule has 2 aromatic heterocycles. The highest BCUT2D eigenvalue weighted by Gasteiger charge is 2.16. The molecule has 0 fully saturated rings. The molecule has 5 nitrogen and oxygen atoms in total. The van der Waals surface area contributed by atoms with Crippen molar-refractivity contribution in [1.82, 2.24) is 14.8 Å². The number of amides is 1. The van der Waals surface area contributed by atoms with E-state index >= 15 is 0 Å². The van der Waals surface area contributed by atoms with Crippen LogP contribution in [0, 0.1) is 13.8 Å². The number of hydrogen-bond donors (Lipinski definition) is 1. The highest BCUT2D eigenvalue weighted by atomic mass is 35.5. The van der Waals surface area contributed by atoms with Crippen LogP contribution in [-0.4, -0.2) is 26.4 Å². The van der Waals surface area contributed by atoms with Crippen LogP contribution in [0.3, 0.4) is 0 Å². The Morgan fingerprint density at radius 2 is 2.00 bits per heavy atom. The molecule has 0 spiro atoms. The summed E-state index contributed by atoms with van der Waals surface area (Å²) in [5.74, 6) is 0.827. The molecule has 0 saturated heterocycles. The summed E-state index contributed by atoms with van der Waals surface area (Å²) in [4.78, 5) is 18.2. The lowest BCUT2D eigenvalue weighted by Gasteiger charge is -2.06. The van der Waals surface area contributed by atoms with Gasteiger partial charge in [-0.3, -0.25) is 4.79 Å². The Bertz CT molecular complexity index is 1110. The van der Waals surface area contributed by atoms with Crippen LogP contribution in [0.1, 0.15) is 11.3 Å². The maximum atomic E-state index is 12.4. The van der Waals surface area contributed by atoms with E-state index in [2.05, 4.69) is 10.4 Å². The lowest BCUT2D eigenvalue weighted by Crippen LogP contribution is -2.16. The first-order chi connectivity index (χ1) is 13.5. The second kappa shape index (κ2) is 7.95. The predicted molar refractivity (Wildman–Crippen MR) is 117 cm³/mol. The zero-order chi connectivity index (χ0) is 19.7. The fourth-order valence-corrected chi connectivity index (χ4v) is 4.76. The van der Waals surface area contributed by atoms with Crippen LogP contribution >= 0.6 is 34.7 Å². The van der Waals surface area contributed by atoms with Crippen LogP contribution in [0.25, 0.3) is 15.3 Å². The Balaban J connectivity index is 1.58. The van der Waals surface area contributed by atoms with E-state index in [0.29, 0.717) is 21.7 Å². The largest absolute Gasteiger partial charge is 0.310 e. The van der Waals surface area contributed by atoms with Gasteiger partial charge in [0.15, 0.2) is 0 Å². The van der Waals surface area contributed by atoms with E-state index in [1.165, 1.54) is 23.1 Å². The number of nitrogens with zero attached hydrogens (tertiary/aromatic N) is 3. The molecular weight excluding hydrogens is 412 g/mol. The minimum Gasteiger partial charge on any atom is -0.310 e. The van der Waals surface area contributed by atoms with Gasteiger partial charge < -0.3 is 5.32 Å². The Labute approximate surface area is 175 Å². The van der Waals surface area contributed by atoms with E-state index in [-0.39, 0.29) is 5.91 Å². The summed E-state index contributed by atoms with van der Waals surface area (Å²) in [6, 6.07) is 15.5. The Kier molecular flexibility index (Phi) is 5.39. The van der Waals surface area contributed by atoms with Gasteiger partial charge in [0.25, 0.3) is 0 Å². The van der Waals surface area contributed by atoms with Crippen molar-refractivity contribution in [3.8, 4) is 5.13 Å². The van der Waals surface area contributed by atoms with Crippen molar-refractivity contribution in [1.29, 1.82) is 0 Å². The fourth-order valence-electron chi connectivity index (χ4n) is 2.76. The molecule has 0 aliphatic carbocycles. The molecule has 28 heavy (non-hydrogen) atoms. The number of aryl methyl sites for hydroxylation is 2. The number of benzene rings is 2. The summed E-state index contributed by atoms with van der Waals surface area (Å²) < 4.78 is 2.59. The van der Waals surface area contributed by atoms with Crippen molar-refractivity contribution >= 4 is 56.6 Å². The molecule has 0 radical (unpaired) electrons. The summed E-state index contributed by atoms with van der Waals surface area (Å²) in [6.45, 7) is 3.89. The van der Waals surface area contributed by atoms with Crippen molar-refractivity contribution < 1.29 is 4.79 Å². The average Bonchev–Trinajstić information content (AvgIpc) is 3.28. The Hall–Kier alpha value is -2.35. The van der Waals surface area contributed by atoms with E-state index in [0.717, 1.165) is 26.4 Å². The van der Waals surface area contributed by atoms with Gasteiger partial charge in [0, 0.05) is 11.0 Å². The van der Waals surface area contributed by atoms with Gasteiger partial charge in [-0.25, -0.2) is 4.98 Å². The van der Waals surface area contributed by atoms with Gasteiger partial charge in [-0.1, -0.05) is 47.2 Å². The van der Waals surface area contributed by atoms with Crippen LogP contribution in [0.5, 0.6) is 0 Å². The Morgan fingerprint density at radius 3 is 2.75 bits per heavy atom. The lowest BCUT2D eigenvalue weighted by atomic mass is 10.2. The summed E-state index contributed by atoms with van der Waals surface area (Å²) in [5.41, 5.74) is 2.71. The van der Waals surface area contributed by atoms with Gasteiger partial charge in [0.05, 0.1) is 26.7 Å². The van der Waals surface area contributed by atoms with Crippen molar-refractivity contribution in [3.63, 3.8) is 0 Å². The van der Waals surface area contributed by atoms with E-state index in [1.807, 2.05) is 62.4 Å². The minimum atomic E-state index is -0.0923.